The third-order valence-corrected chi connectivity index (χ3v) is 5.24. The summed E-state index contributed by atoms with van der Waals surface area (Å²) in [6.45, 7) is 8.07. The zero-order chi connectivity index (χ0) is 11.7. The maximum absolute atomic E-state index is 3.17. The van der Waals surface area contributed by atoms with Gasteiger partial charge in [-0.2, -0.15) is 0 Å². The van der Waals surface area contributed by atoms with Gasteiger partial charge in [0.25, 0.3) is 0 Å². The molecule has 2 aromatic rings. The van der Waals surface area contributed by atoms with Crippen molar-refractivity contribution in [3.05, 3.63) is 20.9 Å². The third kappa shape index (κ3) is 1.65. The fourth-order valence-electron chi connectivity index (χ4n) is 1.62. The lowest BCUT2D eigenvalue weighted by atomic mass is 10.2. The molecule has 0 N–H and O–H groups in total. The van der Waals surface area contributed by atoms with Gasteiger partial charge < -0.3 is 0 Å². The van der Waals surface area contributed by atoms with Crippen molar-refractivity contribution >= 4 is 32.1 Å². The van der Waals surface area contributed by atoms with Crippen molar-refractivity contribution in [1.82, 2.24) is 0 Å². The maximum Gasteiger partial charge on any atom is 0.0818 e. The summed E-state index contributed by atoms with van der Waals surface area (Å²) in [4.78, 5) is 2.39. The minimum atomic E-state index is 1.20. The molecule has 0 fully saturated rings. The van der Waals surface area contributed by atoms with E-state index in [2.05, 4.69) is 37.5 Å². The van der Waals surface area contributed by atoms with Gasteiger partial charge in [-0.3, -0.25) is 0 Å². The van der Waals surface area contributed by atoms with Crippen LogP contribution in [0.4, 0.5) is 0 Å². The predicted octanol–water partition coefficient (Wildman–Crippen LogP) is 4.32. The standard InChI is InChI=1S/C14H12S2/c1-5-7-11-9(3)13-14(15-11)10(4)12(16-13)8-6-2/h1-4H3. The van der Waals surface area contributed by atoms with E-state index in [-0.39, 0.29) is 0 Å². The zero-order valence-corrected chi connectivity index (χ0v) is 11.4. The highest BCUT2D eigenvalue weighted by Crippen LogP contribution is 2.39. The van der Waals surface area contributed by atoms with Crippen LogP contribution in [-0.2, 0) is 0 Å². The Bertz CT molecular complexity index is 601. The molecule has 0 bridgehead atoms. The lowest BCUT2D eigenvalue weighted by molar-refractivity contribution is 1.58. The van der Waals surface area contributed by atoms with E-state index in [1.54, 1.807) is 22.7 Å². The molecule has 2 heterocycles. The Morgan fingerprint density at radius 2 is 1.12 bits per heavy atom. The molecule has 0 spiro atoms. The number of aryl methyl sites for hydroxylation is 2. The third-order valence-electron chi connectivity index (χ3n) is 2.45. The van der Waals surface area contributed by atoms with Crippen molar-refractivity contribution in [3.8, 4) is 23.7 Å². The maximum atomic E-state index is 3.17. The normalized spacial score (nSPS) is 9.50. The Labute approximate surface area is 104 Å². The fraction of sp³-hybridized carbons (Fsp3) is 0.286. The largest absolute Gasteiger partial charge is 0.125 e. The van der Waals surface area contributed by atoms with Crippen molar-refractivity contribution in [1.29, 1.82) is 0 Å². The van der Waals surface area contributed by atoms with E-state index in [0.717, 1.165) is 0 Å². The number of fused-ring (bicyclic) bond motifs is 1. The average Bonchev–Trinajstić information content (AvgIpc) is 2.71. The van der Waals surface area contributed by atoms with Crippen LogP contribution in [0.25, 0.3) is 9.40 Å². The first kappa shape index (κ1) is 11.3. The smallest absolute Gasteiger partial charge is 0.0818 e. The average molecular weight is 244 g/mol. The van der Waals surface area contributed by atoms with Crippen LogP contribution in [0.1, 0.15) is 34.7 Å². The van der Waals surface area contributed by atoms with Crippen molar-refractivity contribution in [2.75, 3.05) is 0 Å². The van der Waals surface area contributed by atoms with Gasteiger partial charge in [-0.05, 0) is 38.8 Å². The second-order valence-corrected chi connectivity index (χ2v) is 5.56. The van der Waals surface area contributed by atoms with Gasteiger partial charge in [0.15, 0.2) is 0 Å². The summed E-state index contributed by atoms with van der Waals surface area (Å²) in [5.74, 6) is 12.3. The number of hydrogen-bond donors (Lipinski definition) is 0. The number of thiophene rings is 2. The molecule has 2 aromatic heterocycles. The second kappa shape index (κ2) is 4.34. The molecule has 0 radical (unpaired) electrons. The summed E-state index contributed by atoms with van der Waals surface area (Å²) < 4.78 is 2.72. The van der Waals surface area contributed by atoms with E-state index in [9.17, 15) is 0 Å². The molecule has 0 aromatic carbocycles. The first-order valence-corrected chi connectivity index (χ1v) is 6.70. The van der Waals surface area contributed by atoms with Crippen LogP contribution in [0.5, 0.6) is 0 Å². The Balaban J connectivity index is 2.75. The van der Waals surface area contributed by atoms with Crippen LogP contribution in [0, 0.1) is 37.5 Å². The Morgan fingerprint density at radius 3 is 1.44 bits per heavy atom. The van der Waals surface area contributed by atoms with Gasteiger partial charge in [-0.1, -0.05) is 11.8 Å². The van der Waals surface area contributed by atoms with E-state index in [1.807, 2.05) is 13.8 Å². The first-order chi connectivity index (χ1) is 7.69. The first-order valence-electron chi connectivity index (χ1n) is 5.07. The minimum Gasteiger partial charge on any atom is -0.125 e. The van der Waals surface area contributed by atoms with Crippen LogP contribution in [0.15, 0.2) is 0 Å². The molecule has 0 atom stereocenters. The summed E-state index contributed by atoms with van der Waals surface area (Å²) in [7, 11) is 0. The van der Waals surface area contributed by atoms with Gasteiger partial charge >= 0.3 is 0 Å². The van der Waals surface area contributed by atoms with Gasteiger partial charge in [-0.25, -0.2) is 0 Å². The molecule has 0 amide bonds. The molecule has 0 aliphatic rings. The van der Waals surface area contributed by atoms with E-state index in [4.69, 9.17) is 0 Å². The van der Waals surface area contributed by atoms with Crippen LogP contribution in [0.3, 0.4) is 0 Å². The Morgan fingerprint density at radius 1 is 0.750 bits per heavy atom. The molecule has 0 nitrogen and oxygen atoms in total. The van der Waals surface area contributed by atoms with Crippen molar-refractivity contribution < 1.29 is 0 Å². The second-order valence-electron chi connectivity index (χ2n) is 3.52. The molecule has 0 aliphatic carbocycles. The van der Waals surface area contributed by atoms with Crippen molar-refractivity contribution in [2.45, 2.75) is 27.7 Å². The lowest BCUT2D eigenvalue weighted by Crippen LogP contribution is -1.70. The highest BCUT2D eigenvalue weighted by atomic mass is 32.1. The molecular formula is C14H12S2. The van der Waals surface area contributed by atoms with Crippen molar-refractivity contribution in [3.63, 3.8) is 0 Å². The highest BCUT2D eigenvalue weighted by Gasteiger charge is 2.14. The van der Waals surface area contributed by atoms with Crippen LogP contribution < -0.4 is 0 Å². The topological polar surface area (TPSA) is 0 Å². The van der Waals surface area contributed by atoms with Gasteiger partial charge in [0.2, 0.25) is 0 Å². The predicted molar refractivity (Wildman–Crippen MR) is 74.3 cm³/mol. The van der Waals surface area contributed by atoms with E-state index in [1.165, 1.54) is 30.3 Å². The van der Waals surface area contributed by atoms with Gasteiger partial charge in [0, 0.05) is 0 Å². The zero-order valence-electron chi connectivity index (χ0n) is 9.82. The molecule has 0 saturated carbocycles. The van der Waals surface area contributed by atoms with Crippen molar-refractivity contribution in [2.24, 2.45) is 0 Å². The summed E-state index contributed by atoms with van der Waals surface area (Å²) in [6, 6.07) is 0. The molecular weight excluding hydrogens is 232 g/mol. The summed E-state index contributed by atoms with van der Waals surface area (Å²) in [5, 5.41) is 0. The van der Waals surface area contributed by atoms with Crippen LogP contribution >= 0.6 is 22.7 Å². The van der Waals surface area contributed by atoms with Crippen LogP contribution in [-0.4, -0.2) is 0 Å². The number of rotatable bonds is 0. The molecule has 0 unspecified atom stereocenters. The SMILES string of the molecule is CC#Cc1sc2c(C)c(C#CC)sc2c1C. The number of hydrogen-bond acceptors (Lipinski definition) is 2. The minimum absolute atomic E-state index is 1.20. The Hall–Kier alpha value is -1.22. The van der Waals surface area contributed by atoms with Gasteiger partial charge in [0.1, 0.15) is 0 Å². The van der Waals surface area contributed by atoms with E-state index >= 15 is 0 Å². The quantitative estimate of drug-likeness (QED) is 0.605. The molecule has 2 heteroatoms. The Kier molecular flexibility index (Phi) is 3.06. The van der Waals surface area contributed by atoms with Gasteiger partial charge in [0.05, 0.1) is 19.2 Å². The van der Waals surface area contributed by atoms with E-state index < -0.39 is 0 Å². The molecule has 80 valence electrons. The molecule has 0 aliphatic heterocycles. The van der Waals surface area contributed by atoms with E-state index in [0.29, 0.717) is 0 Å². The molecule has 16 heavy (non-hydrogen) atoms. The summed E-state index contributed by atoms with van der Waals surface area (Å²) in [5.41, 5.74) is 2.62. The molecule has 2 rings (SSSR count). The fourth-order valence-corrected chi connectivity index (χ4v) is 4.22. The molecule has 0 saturated heterocycles. The van der Waals surface area contributed by atoms with Crippen LogP contribution in [0.2, 0.25) is 0 Å². The van der Waals surface area contributed by atoms with Gasteiger partial charge in [-0.15, -0.1) is 34.5 Å². The summed E-state index contributed by atoms with van der Waals surface area (Å²) in [6.07, 6.45) is 0. The monoisotopic (exact) mass is 244 g/mol. The lowest BCUT2D eigenvalue weighted by Gasteiger charge is -1.87. The highest BCUT2D eigenvalue weighted by molar-refractivity contribution is 7.29. The summed E-state index contributed by atoms with van der Waals surface area (Å²) >= 11 is 3.58.